The van der Waals surface area contributed by atoms with Crippen LogP contribution in [0.1, 0.15) is 24.2 Å². The standard InChI is InChI=1S/C13H17NO2/c1-10-7-14(8-11(2)16-10)13-5-3-12(9-15)4-6-13/h3-6,9-11H,7-8H2,1-2H3/t10-,11-/m1/s1. The maximum Gasteiger partial charge on any atom is 0.150 e. The Balaban J connectivity index is 2.13. The van der Waals surface area contributed by atoms with Crippen LogP contribution in [-0.4, -0.2) is 31.6 Å². The molecular weight excluding hydrogens is 202 g/mol. The molecule has 3 heteroatoms. The van der Waals surface area contributed by atoms with Crippen LogP contribution in [0.25, 0.3) is 0 Å². The van der Waals surface area contributed by atoms with Gasteiger partial charge in [-0.2, -0.15) is 0 Å². The normalized spacial score (nSPS) is 25.5. The molecule has 0 N–H and O–H groups in total. The lowest BCUT2D eigenvalue weighted by molar-refractivity contribution is -0.00521. The van der Waals surface area contributed by atoms with Crippen LogP contribution in [0.5, 0.6) is 0 Å². The highest BCUT2D eigenvalue weighted by molar-refractivity contribution is 5.75. The Morgan fingerprint density at radius 1 is 1.19 bits per heavy atom. The van der Waals surface area contributed by atoms with E-state index in [0.717, 1.165) is 30.6 Å². The van der Waals surface area contributed by atoms with Crippen molar-refractivity contribution in [3.8, 4) is 0 Å². The molecule has 1 aliphatic heterocycles. The fourth-order valence-electron chi connectivity index (χ4n) is 2.15. The van der Waals surface area contributed by atoms with E-state index in [2.05, 4.69) is 18.7 Å². The van der Waals surface area contributed by atoms with Crippen LogP contribution < -0.4 is 4.90 Å². The molecule has 0 aromatic heterocycles. The van der Waals surface area contributed by atoms with Gasteiger partial charge in [0.2, 0.25) is 0 Å². The number of rotatable bonds is 2. The van der Waals surface area contributed by atoms with Crippen LogP contribution in [0.2, 0.25) is 0 Å². The lowest BCUT2D eigenvalue weighted by Crippen LogP contribution is -2.45. The van der Waals surface area contributed by atoms with E-state index >= 15 is 0 Å². The summed E-state index contributed by atoms with van der Waals surface area (Å²) < 4.78 is 5.68. The maximum atomic E-state index is 10.6. The van der Waals surface area contributed by atoms with Crippen LogP contribution in [0.4, 0.5) is 5.69 Å². The number of aldehydes is 1. The molecule has 16 heavy (non-hydrogen) atoms. The van der Waals surface area contributed by atoms with Crippen molar-refractivity contribution < 1.29 is 9.53 Å². The molecule has 1 heterocycles. The quantitative estimate of drug-likeness (QED) is 0.713. The van der Waals surface area contributed by atoms with Crippen molar-refractivity contribution in [2.75, 3.05) is 18.0 Å². The lowest BCUT2D eigenvalue weighted by Gasteiger charge is -2.36. The minimum atomic E-state index is 0.259. The van der Waals surface area contributed by atoms with E-state index in [4.69, 9.17) is 4.74 Å². The molecule has 1 aromatic rings. The second-order valence-electron chi connectivity index (χ2n) is 4.37. The number of carbonyl (C=O) groups excluding carboxylic acids is 1. The van der Waals surface area contributed by atoms with Crippen LogP contribution in [0.3, 0.4) is 0 Å². The Labute approximate surface area is 96.0 Å². The highest BCUT2D eigenvalue weighted by Crippen LogP contribution is 2.20. The van der Waals surface area contributed by atoms with Gasteiger partial charge in [0.05, 0.1) is 12.2 Å². The summed E-state index contributed by atoms with van der Waals surface area (Å²) in [5.41, 5.74) is 1.88. The van der Waals surface area contributed by atoms with Crippen molar-refractivity contribution >= 4 is 12.0 Å². The third-order valence-electron chi connectivity index (χ3n) is 2.81. The van der Waals surface area contributed by atoms with E-state index in [1.807, 2.05) is 24.3 Å². The highest BCUT2D eigenvalue weighted by atomic mass is 16.5. The van der Waals surface area contributed by atoms with Gasteiger partial charge in [-0.1, -0.05) is 0 Å². The molecule has 0 aliphatic carbocycles. The monoisotopic (exact) mass is 219 g/mol. The Bertz CT molecular complexity index is 351. The molecular formula is C13H17NO2. The summed E-state index contributed by atoms with van der Waals surface area (Å²) in [7, 11) is 0. The number of morpholine rings is 1. The van der Waals surface area contributed by atoms with Crippen LogP contribution >= 0.6 is 0 Å². The number of hydrogen-bond acceptors (Lipinski definition) is 3. The highest BCUT2D eigenvalue weighted by Gasteiger charge is 2.22. The summed E-state index contributed by atoms with van der Waals surface area (Å²) in [6.07, 6.45) is 1.39. The first-order valence-corrected chi connectivity index (χ1v) is 5.64. The maximum absolute atomic E-state index is 10.6. The van der Waals surface area contributed by atoms with Crippen molar-refractivity contribution in [1.29, 1.82) is 0 Å². The average Bonchev–Trinajstić information content (AvgIpc) is 2.28. The summed E-state index contributed by atoms with van der Waals surface area (Å²) in [4.78, 5) is 12.9. The third kappa shape index (κ3) is 2.42. The molecule has 3 nitrogen and oxygen atoms in total. The summed E-state index contributed by atoms with van der Waals surface area (Å²) in [5.74, 6) is 0. The van der Waals surface area contributed by atoms with E-state index in [1.165, 1.54) is 0 Å². The first-order chi connectivity index (χ1) is 7.69. The minimum absolute atomic E-state index is 0.259. The number of carbonyl (C=O) groups is 1. The predicted octanol–water partition coefficient (Wildman–Crippen LogP) is 2.11. The molecule has 1 aliphatic rings. The molecule has 0 spiro atoms. The Morgan fingerprint density at radius 2 is 1.75 bits per heavy atom. The second kappa shape index (κ2) is 4.66. The zero-order chi connectivity index (χ0) is 11.5. The third-order valence-corrected chi connectivity index (χ3v) is 2.81. The van der Waals surface area contributed by atoms with Crippen LogP contribution in [0.15, 0.2) is 24.3 Å². The van der Waals surface area contributed by atoms with Gasteiger partial charge in [-0.3, -0.25) is 4.79 Å². The van der Waals surface area contributed by atoms with Gasteiger partial charge in [-0.05, 0) is 38.1 Å². The van der Waals surface area contributed by atoms with Gasteiger partial charge in [0.25, 0.3) is 0 Å². The van der Waals surface area contributed by atoms with Gasteiger partial charge in [0.15, 0.2) is 0 Å². The van der Waals surface area contributed by atoms with E-state index in [1.54, 1.807) is 0 Å². The summed E-state index contributed by atoms with van der Waals surface area (Å²) in [5, 5.41) is 0. The molecule has 2 atom stereocenters. The van der Waals surface area contributed by atoms with E-state index < -0.39 is 0 Å². The Kier molecular flexibility index (Phi) is 3.25. The van der Waals surface area contributed by atoms with Gasteiger partial charge in [0.1, 0.15) is 6.29 Å². The summed E-state index contributed by atoms with van der Waals surface area (Å²) in [6.45, 7) is 5.99. The fourth-order valence-corrected chi connectivity index (χ4v) is 2.15. The van der Waals surface area contributed by atoms with Gasteiger partial charge in [0, 0.05) is 24.3 Å². The minimum Gasteiger partial charge on any atom is -0.372 e. The largest absolute Gasteiger partial charge is 0.372 e. The van der Waals surface area contributed by atoms with Crippen molar-refractivity contribution in [1.82, 2.24) is 0 Å². The van der Waals surface area contributed by atoms with Gasteiger partial charge >= 0.3 is 0 Å². The molecule has 1 aromatic carbocycles. The van der Waals surface area contributed by atoms with Crippen molar-refractivity contribution in [2.24, 2.45) is 0 Å². The first-order valence-electron chi connectivity index (χ1n) is 5.64. The molecule has 0 amide bonds. The zero-order valence-electron chi connectivity index (χ0n) is 9.72. The number of nitrogens with zero attached hydrogens (tertiary/aromatic N) is 1. The predicted molar refractivity (Wildman–Crippen MR) is 64.1 cm³/mol. The number of benzene rings is 1. The number of hydrogen-bond donors (Lipinski definition) is 0. The summed E-state index contributed by atoms with van der Waals surface area (Å²) >= 11 is 0. The first kappa shape index (κ1) is 11.1. The molecule has 0 bridgehead atoms. The van der Waals surface area contributed by atoms with Crippen molar-refractivity contribution in [2.45, 2.75) is 26.1 Å². The topological polar surface area (TPSA) is 29.5 Å². The van der Waals surface area contributed by atoms with E-state index in [9.17, 15) is 4.79 Å². The van der Waals surface area contributed by atoms with Crippen molar-refractivity contribution in [3.63, 3.8) is 0 Å². The van der Waals surface area contributed by atoms with Gasteiger partial charge in [-0.15, -0.1) is 0 Å². The molecule has 0 unspecified atom stereocenters. The van der Waals surface area contributed by atoms with Crippen molar-refractivity contribution in [3.05, 3.63) is 29.8 Å². The van der Waals surface area contributed by atoms with E-state index in [0.29, 0.717) is 0 Å². The van der Waals surface area contributed by atoms with E-state index in [-0.39, 0.29) is 12.2 Å². The molecule has 1 fully saturated rings. The molecule has 2 rings (SSSR count). The smallest absolute Gasteiger partial charge is 0.150 e. The number of anilines is 1. The Morgan fingerprint density at radius 3 is 2.25 bits per heavy atom. The zero-order valence-corrected chi connectivity index (χ0v) is 9.72. The van der Waals surface area contributed by atoms with Crippen LogP contribution in [0, 0.1) is 0 Å². The Hall–Kier alpha value is -1.35. The molecule has 0 saturated carbocycles. The summed E-state index contributed by atoms with van der Waals surface area (Å²) in [6, 6.07) is 7.70. The van der Waals surface area contributed by atoms with Gasteiger partial charge in [-0.25, -0.2) is 0 Å². The molecule has 86 valence electrons. The number of ether oxygens (including phenoxy) is 1. The van der Waals surface area contributed by atoms with Gasteiger partial charge < -0.3 is 9.64 Å². The van der Waals surface area contributed by atoms with Crippen LogP contribution in [-0.2, 0) is 4.74 Å². The fraction of sp³-hybridized carbons (Fsp3) is 0.462. The second-order valence-corrected chi connectivity index (χ2v) is 4.37. The SMILES string of the molecule is C[C@@H]1CN(c2ccc(C=O)cc2)C[C@@H](C)O1. The lowest BCUT2D eigenvalue weighted by atomic mass is 10.1. The molecule has 0 radical (unpaired) electrons. The average molecular weight is 219 g/mol. The molecule has 1 saturated heterocycles.